The summed E-state index contributed by atoms with van der Waals surface area (Å²) in [5, 5.41) is 4.04. The fourth-order valence-corrected chi connectivity index (χ4v) is 3.62. The lowest BCUT2D eigenvalue weighted by Crippen LogP contribution is -2.12. The molecule has 1 aromatic heterocycles. The van der Waals surface area contributed by atoms with Gasteiger partial charge in [0.1, 0.15) is 16.4 Å². The fraction of sp³-hybridized carbons (Fsp3) is 0.118. The normalized spacial score (nSPS) is 10.8. The van der Waals surface area contributed by atoms with Crippen LogP contribution in [0.5, 0.6) is 5.75 Å². The number of halogens is 2. The molecule has 0 saturated heterocycles. The van der Waals surface area contributed by atoms with Crippen molar-refractivity contribution < 1.29 is 13.9 Å². The number of amides is 1. The summed E-state index contributed by atoms with van der Waals surface area (Å²) in [4.78, 5) is 13.0. The van der Waals surface area contributed by atoms with Crippen LogP contribution in [0.3, 0.4) is 0 Å². The second kappa shape index (κ2) is 6.18. The lowest BCUT2D eigenvalue weighted by atomic mass is 10.2. The van der Waals surface area contributed by atoms with Crippen LogP contribution in [0.4, 0.5) is 10.1 Å². The average molecular weight is 350 g/mol. The van der Waals surface area contributed by atoms with E-state index in [1.54, 1.807) is 24.3 Å². The Labute approximate surface area is 141 Å². The van der Waals surface area contributed by atoms with E-state index in [0.29, 0.717) is 26.7 Å². The lowest BCUT2D eigenvalue weighted by Gasteiger charge is -2.08. The number of methoxy groups -OCH3 is 1. The van der Waals surface area contributed by atoms with Gasteiger partial charge in [0, 0.05) is 20.8 Å². The molecule has 0 fully saturated rings. The maximum atomic E-state index is 13.4. The van der Waals surface area contributed by atoms with E-state index in [1.165, 1.54) is 30.6 Å². The van der Waals surface area contributed by atoms with E-state index in [9.17, 15) is 9.18 Å². The Bertz CT molecular complexity index is 907. The minimum absolute atomic E-state index is 0.297. The van der Waals surface area contributed by atoms with Crippen LogP contribution < -0.4 is 10.1 Å². The predicted octanol–water partition coefficient (Wildman–Crippen LogP) is 5.26. The maximum Gasteiger partial charge on any atom is 0.269 e. The van der Waals surface area contributed by atoms with Gasteiger partial charge in [0.15, 0.2) is 0 Å². The highest BCUT2D eigenvalue weighted by molar-refractivity contribution is 7.21. The van der Waals surface area contributed by atoms with E-state index in [4.69, 9.17) is 16.3 Å². The first-order valence-electron chi connectivity index (χ1n) is 6.83. The third-order valence-electron chi connectivity index (χ3n) is 3.45. The van der Waals surface area contributed by atoms with Gasteiger partial charge in [0.25, 0.3) is 5.91 Å². The first-order valence-corrected chi connectivity index (χ1v) is 8.02. The van der Waals surface area contributed by atoms with Crippen molar-refractivity contribution in [3.63, 3.8) is 0 Å². The number of anilines is 1. The molecule has 0 unspecified atom stereocenters. The van der Waals surface area contributed by atoms with Crippen LogP contribution in [0.1, 0.15) is 15.2 Å². The van der Waals surface area contributed by atoms with Crippen LogP contribution in [-0.2, 0) is 0 Å². The highest BCUT2D eigenvalue weighted by Crippen LogP contribution is 2.38. The second-order valence-electron chi connectivity index (χ2n) is 5.02. The van der Waals surface area contributed by atoms with E-state index in [-0.39, 0.29) is 11.7 Å². The van der Waals surface area contributed by atoms with Gasteiger partial charge in [0.05, 0.1) is 7.11 Å². The summed E-state index contributed by atoms with van der Waals surface area (Å²) in [5.74, 6) is -0.281. The number of benzene rings is 2. The van der Waals surface area contributed by atoms with E-state index in [2.05, 4.69) is 5.32 Å². The molecule has 1 heterocycles. The largest absolute Gasteiger partial charge is 0.494 e. The highest BCUT2D eigenvalue weighted by atomic mass is 35.5. The molecule has 0 aliphatic heterocycles. The summed E-state index contributed by atoms with van der Waals surface area (Å²) in [6.07, 6.45) is 0. The summed E-state index contributed by atoms with van der Waals surface area (Å²) in [7, 11) is 1.47. The van der Waals surface area contributed by atoms with Crippen molar-refractivity contribution in [1.82, 2.24) is 0 Å². The minimum atomic E-state index is -0.367. The van der Waals surface area contributed by atoms with Crippen molar-refractivity contribution in [3.8, 4) is 5.75 Å². The maximum absolute atomic E-state index is 13.4. The Morgan fingerprint density at radius 3 is 2.74 bits per heavy atom. The molecule has 3 aromatic rings. The zero-order chi connectivity index (χ0) is 16.6. The number of hydrogen-bond donors (Lipinski definition) is 1. The van der Waals surface area contributed by atoms with E-state index in [1.807, 2.05) is 6.92 Å². The molecular formula is C17H13ClFNO2S. The van der Waals surface area contributed by atoms with Gasteiger partial charge in [-0.2, -0.15) is 0 Å². The van der Waals surface area contributed by atoms with E-state index < -0.39 is 0 Å². The monoisotopic (exact) mass is 349 g/mol. The molecular weight excluding hydrogens is 337 g/mol. The highest BCUT2D eigenvalue weighted by Gasteiger charge is 2.20. The molecule has 0 aliphatic rings. The van der Waals surface area contributed by atoms with Crippen molar-refractivity contribution in [2.45, 2.75) is 6.92 Å². The molecule has 2 aromatic carbocycles. The second-order valence-corrected chi connectivity index (χ2v) is 6.51. The molecule has 23 heavy (non-hydrogen) atoms. The van der Waals surface area contributed by atoms with Gasteiger partial charge >= 0.3 is 0 Å². The van der Waals surface area contributed by atoms with Crippen molar-refractivity contribution in [2.24, 2.45) is 0 Å². The number of carbonyl (C=O) groups excluding carboxylic acids is 1. The van der Waals surface area contributed by atoms with Gasteiger partial charge in [0.2, 0.25) is 0 Å². The molecule has 0 bridgehead atoms. The third-order valence-corrected chi connectivity index (χ3v) is 4.84. The van der Waals surface area contributed by atoms with Crippen molar-refractivity contribution in [2.75, 3.05) is 12.4 Å². The smallest absolute Gasteiger partial charge is 0.269 e. The Kier molecular flexibility index (Phi) is 4.24. The molecule has 1 N–H and O–H groups in total. The van der Waals surface area contributed by atoms with Crippen LogP contribution in [0.2, 0.25) is 5.02 Å². The number of hydrogen-bond acceptors (Lipinski definition) is 3. The standard InChI is InChI=1S/C17H13ClFNO2S/c1-9-7-10(18)3-5-13(9)20-17(21)16-15(22-2)12-8-11(19)4-6-14(12)23-16/h3-8H,1-2H3,(H,20,21). The Hall–Kier alpha value is -2.11. The molecule has 3 nitrogen and oxygen atoms in total. The number of ether oxygens (including phenoxy) is 1. The van der Waals surface area contributed by atoms with Crippen molar-refractivity contribution in [1.29, 1.82) is 0 Å². The topological polar surface area (TPSA) is 38.3 Å². The minimum Gasteiger partial charge on any atom is -0.494 e. The SMILES string of the molecule is COc1c(C(=O)Nc2ccc(Cl)cc2C)sc2ccc(F)cc12. The van der Waals surface area contributed by atoms with Crippen LogP contribution in [-0.4, -0.2) is 13.0 Å². The number of aryl methyl sites for hydroxylation is 1. The van der Waals surface area contributed by atoms with Gasteiger partial charge in [-0.3, -0.25) is 4.79 Å². The molecule has 3 rings (SSSR count). The van der Waals surface area contributed by atoms with Gasteiger partial charge in [-0.15, -0.1) is 11.3 Å². The Balaban J connectivity index is 2.00. The summed E-state index contributed by atoms with van der Waals surface area (Å²) >= 11 is 7.18. The summed E-state index contributed by atoms with van der Waals surface area (Å²) in [6, 6.07) is 9.60. The predicted molar refractivity (Wildman–Crippen MR) is 92.5 cm³/mol. The molecule has 0 spiro atoms. The average Bonchev–Trinajstić information content (AvgIpc) is 2.87. The lowest BCUT2D eigenvalue weighted by molar-refractivity contribution is 0.102. The van der Waals surface area contributed by atoms with Gasteiger partial charge in [-0.05, 0) is 48.9 Å². The van der Waals surface area contributed by atoms with E-state index in [0.717, 1.165) is 10.3 Å². The molecule has 0 atom stereocenters. The first-order chi connectivity index (χ1) is 11.0. The molecule has 0 radical (unpaired) electrons. The molecule has 6 heteroatoms. The van der Waals surface area contributed by atoms with Crippen LogP contribution in [0.15, 0.2) is 36.4 Å². The molecule has 118 valence electrons. The fourth-order valence-electron chi connectivity index (χ4n) is 2.35. The zero-order valence-electron chi connectivity index (χ0n) is 12.4. The molecule has 1 amide bonds. The van der Waals surface area contributed by atoms with Gasteiger partial charge < -0.3 is 10.1 Å². The Morgan fingerprint density at radius 1 is 1.26 bits per heavy atom. The Morgan fingerprint density at radius 2 is 2.04 bits per heavy atom. The van der Waals surface area contributed by atoms with Crippen LogP contribution in [0, 0.1) is 12.7 Å². The van der Waals surface area contributed by atoms with Crippen LogP contribution in [0.25, 0.3) is 10.1 Å². The number of fused-ring (bicyclic) bond motifs is 1. The quantitative estimate of drug-likeness (QED) is 0.700. The van der Waals surface area contributed by atoms with Crippen molar-refractivity contribution >= 4 is 44.6 Å². The van der Waals surface area contributed by atoms with Crippen LogP contribution >= 0.6 is 22.9 Å². The zero-order valence-corrected chi connectivity index (χ0v) is 14.0. The number of nitrogens with one attached hydrogen (secondary N) is 1. The number of rotatable bonds is 3. The molecule has 0 saturated carbocycles. The van der Waals surface area contributed by atoms with Gasteiger partial charge in [-0.25, -0.2) is 4.39 Å². The number of carbonyl (C=O) groups is 1. The number of thiophene rings is 1. The van der Waals surface area contributed by atoms with Crippen molar-refractivity contribution in [3.05, 3.63) is 57.7 Å². The third kappa shape index (κ3) is 3.02. The summed E-state index contributed by atoms with van der Waals surface area (Å²) < 4.78 is 19.6. The van der Waals surface area contributed by atoms with E-state index >= 15 is 0 Å². The van der Waals surface area contributed by atoms with Gasteiger partial charge in [-0.1, -0.05) is 11.6 Å². The summed E-state index contributed by atoms with van der Waals surface area (Å²) in [6.45, 7) is 1.86. The summed E-state index contributed by atoms with van der Waals surface area (Å²) in [5.41, 5.74) is 1.53. The molecule has 0 aliphatic carbocycles. The first kappa shape index (κ1) is 15.8.